The molecule has 1 aromatic rings. The van der Waals surface area contributed by atoms with E-state index in [1.165, 1.54) is 0 Å². The van der Waals surface area contributed by atoms with Crippen LogP contribution in [0.2, 0.25) is 0 Å². The number of para-hydroxylation sites is 1. The number of anilines is 2. The summed E-state index contributed by atoms with van der Waals surface area (Å²) in [5, 5.41) is 5.85. The zero-order valence-electron chi connectivity index (χ0n) is 12.0. The molecule has 5 heteroatoms. The zero-order chi connectivity index (χ0) is 14.5. The maximum atomic E-state index is 11.7. The molecule has 0 aliphatic rings. The van der Waals surface area contributed by atoms with Crippen LogP contribution in [0.3, 0.4) is 0 Å². The highest BCUT2D eigenvalue weighted by Crippen LogP contribution is 2.30. The lowest BCUT2D eigenvalue weighted by Crippen LogP contribution is -2.39. The van der Waals surface area contributed by atoms with Gasteiger partial charge in [0.15, 0.2) is 0 Å². The average molecular weight is 265 g/mol. The van der Waals surface area contributed by atoms with E-state index in [0.29, 0.717) is 24.6 Å². The third kappa shape index (κ3) is 3.77. The van der Waals surface area contributed by atoms with Gasteiger partial charge in [-0.15, -0.1) is 0 Å². The van der Waals surface area contributed by atoms with Crippen LogP contribution in [0.1, 0.15) is 20.8 Å². The van der Waals surface area contributed by atoms with Gasteiger partial charge in [-0.3, -0.25) is 4.79 Å². The maximum Gasteiger partial charge on any atom is 0.227 e. The number of benzene rings is 1. The number of amides is 1. The number of nitrogens with two attached hydrogens (primary N) is 1. The van der Waals surface area contributed by atoms with Gasteiger partial charge in [-0.1, -0.05) is 6.07 Å². The van der Waals surface area contributed by atoms with E-state index >= 15 is 0 Å². The Balaban J connectivity index is 2.78. The molecule has 1 rings (SSSR count). The lowest BCUT2D eigenvalue weighted by molar-refractivity contribution is -0.128. The summed E-state index contributed by atoms with van der Waals surface area (Å²) in [5.41, 5.74) is 6.86. The molecule has 0 saturated carbocycles. The Morgan fingerprint density at radius 1 is 1.42 bits per heavy atom. The van der Waals surface area contributed by atoms with E-state index in [1.807, 2.05) is 39.0 Å². The lowest BCUT2D eigenvalue weighted by atomic mass is 9.92. The van der Waals surface area contributed by atoms with E-state index in [2.05, 4.69) is 10.6 Å². The number of carbonyl (C=O) groups excluding carboxylic acids is 1. The molecule has 0 radical (unpaired) electrons. The number of hydrogen-bond donors (Lipinski definition) is 3. The molecule has 0 aliphatic heterocycles. The summed E-state index contributed by atoms with van der Waals surface area (Å²) in [6.07, 6.45) is 0. The molecule has 0 aliphatic carbocycles. The Hall–Kier alpha value is -1.91. The van der Waals surface area contributed by atoms with Crippen LogP contribution in [0, 0.1) is 5.41 Å². The Morgan fingerprint density at radius 3 is 2.68 bits per heavy atom. The summed E-state index contributed by atoms with van der Waals surface area (Å²) >= 11 is 0. The van der Waals surface area contributed by atoms with Crippen molar-refractivity contribution in [1.29, 1.82) is 0 Å². The van der Waals surface area contributed by atoms with Crippen LogP contribution in [0.4, 0.5) is 11.4 Å². The van der Waals surface area contributed by atoms with Crippen LogP contribution < -0.4 is 21.1 Å². The van der Waals surface area contributed by atoms with Gasteiger partial charge in [0, 0.05) is 13.6 Å². The maximum absolute atomic E-state index is 11.7. The first kappa shape index (κ1) is 15.1. The van der Waals surface area contributed by atoms with Crippen molar-refractivity contribution in [3.63, 3.8) is 0 Å². The second-order valence-electron chi connectivity index (χ2n) is 4.97. The molecule has 0 bridgehead atoms. The third-order valence-electron chi connectivity index (χ3n) is 2.93. The minimum absolute atomic E-state index is 0.0143. The topological polar surface area (TPSA) is 76.4 Å². The van der Waals surface area contributed by atoms with E-state index in [-0.39, 0.29) is 5.91 Å². The monoisotopic (exact) mass is 265 g/mol. The molecule has 19 heavy (non-hydrogen) atoms. The van der Waals surface area contributed by atoms with Crippen molar-refractivity contribution >= 4 is 17.3 Å². The Kier molecular flexibility index (Phi) is 5.03. The first-order chi connectivity index (χ1) is 8.92. The van der Waals surface area contributed by atoms with Gasteiger partial charge in [-0.05, 0) is 32.9 Å². The van der Waals surface area contributed by atoms with Gasteiger partial charge >= 0.3 is 0 Å². The lowest BCUT2D eigenvalue weighted by Gasteiger charge is -2.24. The van der Waals surface area contributed by atoms with Crippen molar-refractivity contribution in [2.45, 2.75) is 20.8 Å². The van der Waals surface area contributed by atoms with Gasteiger partial charge < -0.3 is 21.1 Å². The molecule has 0 saturated heterocycles. The molecular formula is C14H23N3O2. The van der Waals surface area contributed by atoms with E-state index < -0.39 is 5.41 Å². The quantitative estimate of drug-likeness (QED) is 0.686. The normalized spacial score (nSPS) is 10.9. The van der Waals surface area contributed by atoms with Gasteiger partial charge in [-0.2, -0.15) is 0 Å². The van der Waals surface area contributed by atoms with Crippen molar-refractivity contribution in [3.8, 4) is 5.75 Å². The fourth-order valence-electron chi connectivity index (χ4n) is 1.71. The second kappa shape index (κ2) is 6.31. The van der Waals surface area contributed by atoms with E-state index in [1.54, 1.807) is 7.05 Å². The number of carbonyl (C=O) groups is 1. The van der Waals surface area contributed by atoms with Crippen LogP contribution in [-0.2, 0) is 4.79 Å². The highest BCUT2D eigenvalue weighted by Gasteiger charge is 2.26. The standard InChI is InChI=1S/C14H23N3O2/c1-5-19-11-8-6-7-10(12(11)15)17-9-14(2,3)13(18)16-4/h6-8,17H,5,9,15H2,1-4H3,(H,16,18). The molecule has 0 unspecified atom stereocenters. The van der Waals surface area contributed by atoms with Crippen LogP contribution in [0.15, 0.2) is 18.2 Å². The van der Waals surface area contributed by atoms with Gasteiger partial charge in [0.05, 0.1) is 23.4 Å². The molecule has 5 nitrogen and oxygen atoms in total. The summed E-state index contributed by atoms with van der Waals surface area (Å²) < 4.78 is 5.43. The number of hydrogen-bond acceptors (Lipinski definition) is 4. The minimum atomic E-state index is -0.511. The van der Waals surface area contributed by atoms with Crippen molar-refractivity contribution < 1.29 is 9.53 Å². The smallest absolute Gasteiger partial charge is 0.227 e. The Labute approximate surface area is 114 Å². The molecule has 0 aromatic heterocycles. The summed E-state index contributed by atoms with van der Waals surface area (Å²) in [7, 11) is 1.63. The SMILES string of the molecule is CCOc1cccc(NCC(C)(C)C(=O)NC)c1N. The number of rotatable bonds is 6. The predicted octanol–water partition coefficient (Wildman–Crippen LogP) is 1.85. The molecule has 106 valence electrons. The van der Waals surface area contributed by atoms with E-state index in [4.69, 9.17) is 10.5 Å². The van der Waals surface area contributed by atoms with Crippen LogP contribution in [-0.4, -0.2) is 26.1 Å². The molecule has 1 aromatic carbocycles. The molecular weight excluding hydrogens is 242 g/mol. The number of ether oxygens (including phenoxy) is 1. The first-order valence-corrected chi connectivity index (χ1v) is 6.39. The van der Waals surface area contributed by atoms with Crippen LogP contribution >= 0.6 is 0 Å². The average Bonchev–Trinajstić information content (AvgIpc) is 2.39. The fourth-order valence-corrected chi connectivity index (χ4v) is 1.71. The zero-order valence-corrected chi connectivity index (χ0v) is 12.0. The number of nitrogen functional groups attached to an aromatic ring is 1. The minimum Gasteiger partial charge on any atom is -0.492 e. The van der Waals surface area contributed by atoms with Gasteiger partial charge in [0.1, 0.15) is 5.75 Å². The van der Waals surface area contributed by atoms with Crippen molar-refractivity contribution in [3.05, 3.63) is 18.2 Å². The summed E-state index contributed by atoms with van der Waals surface area (Å²) in [4.78, 5) is 11.7. The van der Waals surface area contributed by atoms with Crippen molar-refractivity contribution in [2.75, 3.05) is 31.2 Å². The van der Waals surface area contributed by atoms with Crippen LogP contribution in [0.5, 0.6) is 5.75 Å². The largest absolute Gasteiger partial charge is 0.492 e. The Bertz CT molecular complexity index is 444. The van der Waals surface area contributed by atoms with Crippen molar-refractivity contribution in [2.24, 2.45) is 5.41 Å². The summed E-state index contributed by atoms with van der Waals surface area (Å²) in [5.74, 6) is 0.643. The summed E-state index contributed by atoms with van der Waals surface area (Å²) in [6.45, 7) is 6.72. The highest BCUT2D eigenvalue weighted by molar-refractivity contribution is 5.82. The second-order valence-corrected chi connectivity index (χ2v) is 4.97. The van der Waals surface area contributed by atoms with Gasteiger partial charge in [0.25, 0.3) is 0 Å². The molecule has 0 heterocycles. The molecule has 4 N–H and O–H groups in total. The first-order valence-electron chi connectivity index (χ1n) is 6.39. The molecule has 0 fully saturated rings. The summed E-state index contributed by atoms with van der Waals surface area (Å²) in [6, 6.07) is 5.57. The predicted molar refractivity (Wildman–Crippen MR) is 78.4 cm³/mol. The highest BCUT2D eigenvalue weighted by atomic mass is 16.5. The van der Waals surface area contributed by atoms with Gasteiger partial charge in [-0.25, -0.2) is 0 Å². The van der Waals surface area contributed by atoms with Crippen molar-refractivity contribution in [1.82, 2.24) is 5.32 Å². The molecule has 0 spiro atoms. The third-order valence-corrected chi connectivity index (χ3v) is 2.93. The Morgan fingerprint density at radius 2 is 2.11 bits per heavy atom. The fraction of sp³-hybridized carbons (Fsp3) is 0.500. The van der Waals surface area contributed by atoms with Crippen LogP contribution in [0.25, 0.3) is 0 Å². The van der Waals surface area contributed by atoms with E-state index in [9.17, 15) is 4.79 Å². The van der Waals surface area contributed by atoms with E-state index in [0.717, 1.165) is 5.69 Å². The van der Waals surface area contributed by atoms with Gasteiger partial charge in [0.2, 0.25) is 5.91 Å². The molecule has 1 amide bonds. The molecule has 0 atom stereocenters. The number of nitrogens with one attached hydrogen (secondary N) is 2.